The normalized spacial score (nSPS) is 13.8. The van der Waals surface area contributed by atoms with Crippen molar-refractivity contribution in [2.45, 2.75) is 11.8 Å². The molecule has 0 rings (SSSR count). The molecule has 6 heteroatoms. The number of amides is 2. The van der Waals surface area contributed by atoms with Crippen LogP contribution in [-0.4, -0.2) is 42.5 Å². The molecular formula is C7H13ClN2O3. The van der Waals surface area contributed by atoms with Crippen LogP contribution < -0.4 is 10.8 Å². The van der Waals surface area contributed by atoms with Gasteiger partial charge in [0.25, 0.3) is 0 Å². The molecule has 0 spiro atoms. The highest BCUT2D eigenvalue weighted by molar-refractivity contribution is 6.21. The smallest absolute Gasteiger partial charge is 0.413 e. The van der Waals surface area contributed by atoms with Gasteiger partial charge in [0, 0.05) is 12.4 Å². The van der Waals surface area contributed by atoms with E-state index in [-0.39, 0.29) is 17.4 Å². The zero-order valence-corrected chi connectivity index (χ0v) is 8.37. The van der Waals surface area contributed by atoms with Crippen LogP contribution in [0.25, 0.3) is 0 Å². The molecule has 0 aromatic rings. The lowest BCUT2D eigenvalue weighted by Crippen LogP contribution is -2.52. The molecule has 0 bridgehead atoms. The molecule has 0 heterocycles. The second-order valence-corrected chi connectivity index (χ2v) is 4.00. The summed E-state index contributed by atoms with van der Waals surface area (Å²) in [6.45, 7) is 0.171. The van der Waals surface area contributed by atoms with E-state index in [2.05, 4.69) is 0 Å². The molecule has 0 radical (unpaired) electrons. The van der Waals surface area contributed by atoms with Crippen molar-refractivity contribution < 1.29 is 19.2 Å². The Kier molecular flexibility index (Phi) is 4.16. The Morgan fingerprint density at radius 1 is 1.54 bits per heavy atom. The van der Waals surface area contributed by atoms with Gasteiger partial charge >= 0.3 is 6.03 Å². The molecule has 2 amide bonds. The van der Waals surface area contributed by atoms with Crippen LogP contribution in [0, 0.1) is 0 Å². The summed E-state index contributed by atoms with van der Waals surface area (Å²) in [7, 11) is 3.12. The third-order valence-corrected chi connectivity index (χ3v) is 1.93. The van der Waals surface area contributed by atoms with E-state index in [1.165, 1.54) is 0 Å². The first-order valence-corrected chi connectivity index (χ1v) is 4.16. The lowest BCUT2D eigenvalue weighted by molar-refractivity contribution is -0.807. The van der Waals surface area contributed by atoms with Crippen LogP contribution in [0.5, 0.6) is 0 Å². The second-order valence-electron chi connectivity index (χ2n) is 3.38. The van der Waals surface area contributed by atoms with Crippen molar-refractivity contribution in [1.82, 2.24) is 0 Å². The number of hydrogen-bond donors (Lipinski definition) is 1. The molecule has 0 aliphatic heterocycles. The predicted octanol–water partition coefficient (Wildman–Crippen LogP) is -1.11. The quantitative estimate of drug-likeness (QED) is 0.470. The Morgan fingerprint density at radius 3 is 2.31 bits per heavy atom. The number of aliphatic carboxylic acids is 1. The van der Waals surface area contributed by atoms with E-state index in [0.29, 0.717) is 0 Å². The number of carbonyl (C=O) groups excluding carboxylic acids is 2. The average molecular weight is 209 g/mol. The minimum absolute atomic E-state index is 0.137. The number of primary amides is 1. The lowest BCUT2D eigenvalue weighted by atomic mass is 10.3. The maximum atomic E-state index is 10.8. The van der Waals surface area contributed by atoms with E-state index in [1.54, 1.807) is 14.1 Å². The number of carbonyl (C=O) groups is 2. The molecule has 1 unspecified atom stereocenters. The molecule has 76 valence electrons. The number of nitrogens with zero attached hydrogens (tertiary/aromatic N) is 1. The maximum Gasteiger partial charge on any atom is 0.413 e. The van der Waals surface area contributed by atoms with Crippen molar-refractivity contribution in [1.29, 1.82) is 0 Å². The lowest BCUT2D eigenvalue weighted by Gasteiger charge is -2.26. The van der Waals surface area contributed by atoms with Crippen molar-refractivity contribution in [2.75, 3.05) is 20.6 Å². The number of nitrogens with two attached hydrogens (primary N) is 1. The van der Waals surface area contributed by atoms with Crippen LogP contribution in [0.3, 0.4) is 0 Å². The molecule has 0 aliphatic carbocycles. The highest BCUT2D eigenvalue weighted by Gasteiger charge is 2.26. The van der Waals surface area contributed by atoms with Crippen LogP contribution in [-0.2, 0) is 4.79 Å². The predicted molar refractivity (Wildman–Crippen MR) is 45.8 cm³/mol. The largest absolute Gasteiger partial charge is 0.550 e. The molecule has 0 fully saturated rings. The van der Waals surface area contributed by atoms with Gasteiger partial charge in [-0.15, -0.1) is 11.6 Å². The zero-order chi connectivity index (χ0) is 10.6. The van der Waals surface area contributed by atoms with E-state index >= 15 is 0 Å². The average Bonchev–Trinajstić information content (AvgIpc) is 1.82. The topological polar surface area (TPSA) is 83.2 Å². The fourth-order valence-electron chi connectivity index (χ4n) is 0.831. The summed E-state index contributed by atoms with van der Waals surface area (Å²) < 4.78 is -0.137. The van der Waals surface area contributed by atoms with Crippen LogP contribution >= 0.6 is 11.6 Å². The standard InChI is InChI=1S/C7H13ClN2O3/c1-10(2,7(9)13)4-5(8)3-6(11)12/h5H,3-4H2,1-2H3,(H2-,9,11,12,13). The zero-order valence-electron chi connectivity index (χ0n) is 7.62. The third kappa shape index (κ3) is 4.69. The molecule has 5 nitrogen and oxygen atoms in total. The van der Waals surface area contributed by atoms with Crippen LogP contribution in [0.1, 0.15) is 6.42 Å². The number of urea groups is 1. The van der Waals surface area contributed by atoms with Crippen LogP contribution in [0.2, 0.25) is 0 Å². The van der Waals surface area contributed by atoms with Gasteiger partial charge in [-0.05, 0) is 0 Å². The number of hydrogen-bond acceptors (Lipinski definition) is 3. The monoisotopic (exact) mass is 208 g/mol. The molecule has 1 atom stereocenters. The molecule has 0 aromatic heterocycles. The highest BCUT2D eigenvalue weighted by atomic mass is 35.5. The first-order valence-electron chi connectivity index (χ1n) is 3.72. The van der Waals surface area contributed by atoms with Crippen LogP contribution in [0.15, 0.2) is 0 Å². The van der Waals surface area contributed by atoms with Gasteiger partial charge in [0.15, 0.2) is 0 Å². The van der Waals surface area contributed by atoms with E-state index in [9.17, 15) is 14.7 Å². The van der Waals surface area contributed by atoms with Gasteiger partial charge in [0.05, 0.1) is 19.5 Å². The second kappa shape index (κ2) is 4.43. The van der Waals surface area contributed by atoms with E-state index in [0.717, 1.165) is 0 Å². The Labute approximate surface area is 81.7 Å². The summed E-state index contributed by atoms with van der Waals surface area (Å²) in [6.07, 6.45) is -0.281. The molecule has 13 heavy (non-hydrogen) atoms. The van der Waals surface area contributed by atoms with Gasteiger partial charge < -0.3 is 15.6 Å². The van der Waals surface area contributed by atoms with Gasteiger partial charge in [-0.1, -0.05) is 0 Å². The minimum atomic E-state index is -1.23. The SMILES string of the molecule is C[N+](C)(CC(Cl)CC(=O)[O-])C(N)=O. The van der Waals surface area contributed by atoms with Crippen molar-refractivity contribution in [3.05, 3.63) is 0 Å². The summed E-state index contributed by atoms with van der Waals surface area (Å²) in [4.78, 5) is 21.0. The Morgan fingerprint density at radius 2 is 2.00 bits per heavy atom. The van der Waals surface area contributed by atoms with Crippen molar-refractivity contribution >= 4 is 23.6 Å². The number of carboxylic acid groups (broad SMARTS) is 1. The number of rotatable bonds is 4. The molecule has 0 aliphatic rings. The summed E-state index contributed by atoms with van der Waals surface area (Å²) in [5, 5.41) is 9.50. The maximum absolute atomic E-state index is 10.8. The van der Waals surface area contributed by atoms with Crippen molar-refractivity contribution in [2.24, 2.45) is 5.73 Å². The summed E-state index contributed by atoms with van der Waals surface area (Å²) >= 11 is 5.66. The third-order valence-electron chi connectivity index (χ3n) is 1.64. The van der Waals surface area contributed by atoms with Gasteiger partial charge in [-0.3, -0.25) is 0 Å². The molecule has 2 N–H and O–H groups in total. The van der Waals surface area contributed by atoms with Crippen LogP contribution in [0.4, 0.5) is 4.79 Å². The van der Waals surface area contributed by atoms with Gasteiger partial charge in [-0.25, -0.2) is 9.28 Å². The number of halogens is 1. The fraction of sp³-hybridized carbons (Fsp3) is 0.714. The minimum Gasteiger partial charge on any atom is -0.550 e. The van der Waals surface area contributed by atoms with E-state index in [4.69, 9.17) is 17.3 Å². The number of quaternary nitrogens is 1. The summed E-state index contributed by atoms with van der Waals surface area (Å²) in [6, 6.07) is -0.552. The fourth-order valence-corrected chi connectivity index (χ4v) is 1.30. The number of alkyl halides is 1. The Balaban J connectivity index is 4.11. The highest BCUT2D eigenvalue weighted by Crippen LogP contribution is 2.08. The van der Waals surface area contributed by atoms with E-state index in [1.807, 2.05) is 0 Å². The first-order chi connectivity index (χ1) is 5.75. The Bertz CT molecular complexity index is 218. The molecular weight excluding hydrogens is 196 g/mol. The Hall–Kier alpha value is -0.810. The van der Waals surface area contributed by atoms with Gasteiger partial charge in [0.2, 0.25) is 0 Å². The first kappa shape index (κ1) is 12.2. The van der Waals surface area contributed by atoms with Crippen molar-refractivity contribution in [3.8, 4) is 0 Å². The number of carboxylic acids is 1. The van der Waals surface area contributed by atoms with E-state index < -0.39 is 17.4 Å². The molecule has 0 saturated carbocycles. The molecule has 0 saturated heterocycles. The summed E-state index contributed by atoms with van der Waals surface area (Å²) in [5.41, 5.74) is 5.06. The van der Waals surface area contributed by atoms with Gasteiger partial charge in [0.1, 0.15) is 6.54 Å². The molecule has 0 aromatic carbocycles. The van der Waals surface area contributed by atoms with Crippen molar-refractivity contribution in [3.63, 3.8) is 0 Å². The van der Waals surface area contributed by atoms with Gasteiger partial charge in [-0.2, -0.15) is 0 Å². The summed E-state index contributed by atoms with van der Waals surface area (Å²) in [5.74, 6) is -1.23.